The summed E-state index contributed by atoms with van der Waals surface area (Å²) in [6, 6.07) is 0. The third-order valence-corrected chi connectivity index (χ3v) is 7.27. The Bertz CT molecular complexity index is 605. The summed E-state index contributed by atoms with van der Waals surface area (Å²) in [6.45, 7) is 6.77. The topological polar surface area (TPSA) is 134 Å². The van der Waals surface area contributed by atoms with E-state index in [4.69, 9.17) is 9.47 Å². The van der Waals surface area contributed by atoms with Crippen molar-refractivity contribution in [3.63, 3.8) is 0 Å². The van der Waals surface area contributed by atoms with E-state index in [1.54, 1.807) is 13.8 Å². The number of esters is 2. The Morgan fingerprint density at radius 3 is 2.19 bits per heavy atom. The van der Waals surface area contributed by atoms with Gasteiger partial charge in [0.25, 0.3) is 5.79 Å². The van der Waals surface area contributed by atoms with Crippen LogP contribution < -0.4 is 0 Å². The number of hydrogen-bond acceptors (Lipinski definition) is 8. The molecule has 7 atom stereocenters. The molecular weight excluding hydrogens is 356 g/mol. The first-order chi connectivity index (χ1) is 12.2. The zero-order chi connectivity index (χ0) is 20.8. The van der Waals surface area contributed by atoms with E-state index in [1.807, 2.05) is 6.92 Å². The van der Waals surface area contributed by atoms with Gasteiger partial charge in [-0.25, -0.2) is 0 Å². The highest BCUT2D eigenvalue weighted by atomic mass is 16.7. The standard InChI is InChI=1S/C19H32O8/c1-11(20)26-10-19(25,27-12(2)21)13-6-8-16(3)14(22)7-9-17(4,24)18(16,5)15(13)23/h13-15,22-25H,6-10H2,1-5H3/t13-,14-,15+,16+,17-,18-,19+/m1/s1. The van der Waals surface area contributed by atoms with Gasteiger partial charge in [0.1, 0.15) is 0 Å². The van der Waals surface area contributed by atoms with Crippen LogP contribution >= 0.6 is 0 Å². The average molecular weight is 388 g/mol. The summed E-state index contributed by atoms with van der Waals surface area (Å²) < 4.78 is 9.97. The molecule has 27 heavy (non-hydrogen) atoms. The largest absolute Gasteiger partial charge is 0.459 e. The molecule has 2 fully saturated rings. The zero-order valence-electron chi connectivity index (χ0n) is 16.7. The quantitative estimate of drug-likeness (QED) is 0.404. The number of aliphatic hydroxyl groups is 4. The Balaban J connectivity index is 2.47. The highest BCUT2D eigenvalue weighted by molar-refractivity contribution is 5.67. The second kappa shape index (κ2) is 6.99. The fourth-order valence-electron chi connectivity index (χ4n) is 5.19. The second-order valence-electron chi connectivity index (χ2n) is 8.76. The first kappa shape index (κ1) is 22.1. The monoisotopic (exact) mass is 388 g/mol. The van der Waals surface area contributed by atoms with Gasteiger partial charge in [-0.3, -0.25) is 9.59 Å². The predicted octanol–water partition coefficient (Wildman–Crippen LogP) is 0.490. The summed E-state index contributed by atoms with van der Waals surface area (Å²) in [7, 11) is 0. The van der Waals surface area contributed by atoms with Crippen LogP contribution in [-0.2, 0) is 19.1 Å². The van der Waals surface area contributed by atoms with E-state index in [1.165, 1.54) is 0 Å². The number of carbonyl (C=O) groups is 2. The minimum atomic E-state index is -2.24. The molecule has 0 aromatic carbocycles. The minimum absolute atomic E-state index is 0.214. The molecule has 2 aliphatic carbocycles. The lowest BCUT2D eigenvalue weighted by Gasteiger charge is -2.66. The SMILES string of the molecule is CC(=O)OC[C@](O)(OC(C)=O)[C@@H]1CC[C@@]2(C)[C@H](O)CC[C@@](C)(O)[C@]2(C)[C@H]1O. The van der Waals surface area contributed by atoms with Gasteiger partial charge in [0.05, 0.1) is 23.7 Å². The molecule has 0 unspecified atom stereocenters. The molecule has 0 aromatic rings. The van der Waals surface area contributed by atoms with Crippen LogP contribution in [0.1, 0.15) is 60.3 Å². The second-order valence-corrected chi connectivity index (χ2v) is 8.76. The lowest BCUT2D eigenvalue weighted by molar-refractivity contribution is -0.323. The lowest BCUT2D eigenvalue weighted by Crippen LogP contribution is -2.72. The molecule has 156 valence electrons. The highest BCUT2D eigenvalue weighted by Gasteiger charge is 2.69. The third-order valence-electron chi connectivity index (χ3n) is 7.27. The van der Waals surface area contributed by atoms with Crippen molar-refractivity contribution in [2.45, 2.75) is 83.9 Å². The molecule has 2 rings (SSSR count). The van der Waals surface area contributed by atoms with Gasteiger partial charge < -0.3 is 29.9 Å². The summed E-state index contributed by atoms with van der Waals surface area (Å²) in [4.78, 5) is 22.8. The van der Waals surface area contributed by atoms with Crippen molar-refractivity contribution in [3.05, 3.63) is 0 Å². The Labute approximate surface area is 159 Å². The maximum atomic E-state index is 11.6. The van der Waals surface area contributed by atoms with E-state index in [9.17, 15) is 30.0 Å². The maximum absolute atomic E-state index is 11.6. The van der Waals surface area contributed by atoms with Crippen LogP contribution in [0, 0.1) is 16.7 Å². The van der Waals surface area contributed by atoms with Crippen LogP contribution in [0.5, 0.6) is 0 Å². The van der Waals surface area contributed by atoms with E-state index in [0.717, 1.165) is 13.8 Å². The molecule has 8 nitrogen and oxygen atoms in total. The van der Waals surface area contributed by atoms with Crippen molar-refractivity contribution in [1.82, 2.24) is 0 Å². The summed E-state index contributed by atoms with van der Waals surface area (Å²) in [6.07, 6.45) is -0.773. The summed E-state index contributed by atoms with van der Waals surface area (Å²) in [5.74, 6) is -4.69. The number of hydrogen-bond donors (Lipinski definition) is 4. The molecule has 0 radical (unpaired) electrons. The van der Waals surface area contributed by atoms with Crippen LogP contribution in [0.4, 0.5) is 0 Å². The Hall–Kier alpha value is -1.22. The zero-order valence-corrected chi connectivity index (χ0v) is 16.7. The number of aliphatic hydroxyl groups excluding tert-OH is 2. The average Bonchev–Trinajstić information content (AvgIpc) is 2.53. The van der Waals surface area contributed by atoms with Gasteiger partial charge in [0.2, 0.25) is 0 Å². The Kier molecular flexibility index (Phi) is 5.71. The number of fused-ring (bicyclic) bond motifs is 1. The number of ether oxygens (including phenoxy) is 2. The Morgan fingerprint density at radius 2 is 1.67 bits per heavy atom. The van der Waals surface area contributed by atoms with Gasteiger partial charge in [-0.1, -0.05) is 13.8 Å². The third kappa shape index (κ3) is 3.37. The molecule has 0 amide bonds. The molecule has 2 saturated carbocycles. The van der Waals surface area contributed by atoms with Gasteiger partial charge in [-0.15, -0.1) is 0 Å². The number of carbonyl (C=O) groups excluding carboxylic acids is 2. The van der Waals surface area contributed by atoms with E-state index in [2.05, 4.69) is 0 Å². The summed E-state index contributed by atoms with van der Waals surface area (Å²) >= 11 is 0. The molecule has 0 aromatic heterocycles. The normalized spacial score (nSPS) is 44.0. The number of rotatable bonds is 4. The van der Waals surface area contributed by atoms with E-state index in [0.29, 0.717) is 12.8 Å². The molecular formula is C19H32O8. The fraction of sp³-hybridized carbons (Fsp3) is 0.895. The lowest BCUT2D eigenvalue weighted by atomic mass is 9.42. The van der Waals surface area contributed by atoms with Crippen LogP contribution in [0.25, 0.3) is 0 Å². The van der Waals surface area contributed by atoms with Crippen molar-refractivity contribution >= 4 is 11.9 Å². The van der Waals surface area contributed by atoms with E-state index < -0.39 is 58.9 Å². The van der Waals surface area contributed by atoms with Gasteiger partial charge >= 0.3 is 11.9 Å². The van der Waals surface area contributed by atoms with E-state index in [-0.39, 0.29) is 12.8 Å². The van der Waals surface area contributed by atoms with Gasteiger partial charge in [-0.2, -0.15) is 0 Å². The summed E-state index contributed by atoms with van der Waals surface area (Å²) in [5, 5.41) is 44.1. The van der Waals surface area contributed by atoms with Crippen molar-refractivity contribution < 1.29 is 39.5 Å². The first-order valence-corrected chi connectivity index (χ1v) is 9.35. The smallest absolute Gasteiger partial charge is 0.305 e. The van der Waals surface area contributed by atoms with Crippen molar-refractivity contribution in [1.29, 1.82) is 0 Å². The Morgan fingerprint density at radius 1 is 1.07 bits per heavy atom. The van der Waals surface area contributed by atoms with Crippen molar-refractivity contribution in [2.24, 2.45) is 16.7 Å². The molecule has 4 N–H and O–H groups in total. The van der Waals surface area contributed by atoms with Gasteiger partial charge in [0, 0.05) is 24.7 Å². The highest BCUT2D eigenvalue weighted by Crippen LogP contribution is 2.64. The maximum Gasteiger partial charge on any atom is 0.305 e. The van der Waals surface area contributed by atoms with Crippen molar-refractivity contribution in [3.8, 4) is 0 Å². The molecule has 0 heterocycles. The van der Waals surface area contributed by atoms with Crippen LogP contribution in [-0.4, -0.2) is 62.6 Å². The fourth-order valence-corrected chi connectivity index (χ4v) is 5.19. The molecule has 2 aliphatic rings. The molecule has 0 spiro atoms. The van der Waals surface area contributed by atoms with Gasteiger partial charge in [-0.05, 0) is 32.6 Å². The summed E-state index contributed by atoms with van der Waals surface area (Å²) in [5.41, 5.74) is -3.31. The van der Waals surface area contributed by atoms with Gasteiger partial charge in [0.15, 0.2) is 6.61 Å². The molecule has 8 heteroatoms. The predicted molar refractivity (Wildman–Crippen MR) is 94.2 cm³/mol. The minimum Gasteiger partial charge on any atom is -0.459 e. The molecule has 0 bridgehead atoms. The van der Waals surface area contributed by atoms with E-state index >= 15 is 0 Å². The molecule has 0 aliphatic heterocycles. The van der Waals surface area contributed by atoms with Crippen LogP contribution in [0.3, 0.4) is 0 Å². The van der Waals surface area contributed by atoms with Crippen LogP contribution in [0.15, 0.2) is 0 Å². The van der Waals surface area contributed by atoms with Crippen molar-refractivity contribution in [2.75, 3.05) is 6.61 Å². The van der Waals surface area contributed by atoms with Crippen LogP contribution in [0.2, 0.25) is 0 Å². The first-order valence-electron chi connectivity index (χ1n) is 9.35. The molecule has 0 saturated heterocycles.